The molecule has 6 aliphatic rings. The van der Waals surface area contributed by atoms with Crippen LogP contribution in [0.25, 0.3) is 22.9 Å². The summed E-state index contributed by atoms with van der Waals surface area (Å²) in [4.78, 5) is 41.6. The Bertz CT molecular complexity index is 2190. The second kappa shape index (κ2) is 20.7. The van der Waals surface area contributed by atoms with E-state index in [1.165, 1.54) is 0 Å². The third kappa shape index (κ3) is 10.1. The lowest BCUT2D eigenvalue weighted by molar-refractivity contribution is -0.164. The molecule has 4 saturated heterocycles. The number of hydrogen-bond donors (Lipinski definition) is 2. The average Bonchev–Trinajstić information content (AvgIpc) is 4.06. The number of ether oxygens (including phenoxy) is 4. The minimum Gasteiger partial charge on any atom is -0.492 e. The average molecular weight is 952 g/mol. The van der Waals surface area contributed by atoms with E-state index in [0.29, 0.717) is 108 Å². The molecule has 4 aromatic rings. The molecule has 0 saturated carbocycles. The van der Waals surface area contributed by atoms with Gasteiger partial charge in [-0.25, -0.2) is 20.5 Å². The maximum atomic E-state index is 13.0. The molecule has 20 heteroatoms. The van der Waals surface area contributed by atoms with Crippen LogP contribution in [0.15, 0.2) is 21.0 Å². The van der Waals surface area contributed by atoms with Gasteiger partial charge in [0.05, 0.1) is 45.8 Å². The maximum Gasteiger partial charge on any atom is 0.443 e. The number of likely N-dealkylation sites (tertiary alicyclic amines) is 2. The first-order chi connectivity index (χ1) is 32.3. The van der Waals surface area contributed by atoms with Gasteiger partial charge in [-0.05, 0) is 127 Å². The van der Waals surface area contributed by atoms with Crippen LogP contribution >= 0.6 is 23.2 Å². The third-order valence-corrected chi connectivity index (χ3v) is 14.5. The molecule has 66 heavy (non-hydrogen) atoms. The van der Waals surface area contributed by atoms with Gasteiger partial charge in [0.2, 0.25) is 11.8 Å². The molecule has 0 bridgehead atoms. The molecule has 354 valence electrons. The molecule has 0 unspecified atom stereocenters. The van der Waals surface area contributed by atoms with Gasteiger partial charge in [-0.2, -0.15) is 0 Å². The predicted molar refractivity (Wildman–Crippen MR) is 240 cm³/mol. The summed E-state index contributed by atoms with van der Waals surface area (Å²) in [6, 6.07) is 3.25. The van der Waals surface area contributed by atoms with Gasteiger partial charge < -0.3 is 47.3 Å². The number of rotatable bonds is 12. The van der Waals surface area contributed by atoms with Crippen molar-refractivity contribution >= 4 is 46.5 Å². The minimum absolute atomic E-state index is 0.157. The van der Waals surface area contributed by atoms with Gasteiger partial charge in [0.1, 0.15) is 11.5 Å². The van der Waals surface area contributed by atoms with Crippen LogP contribution < -0.4 is 20.4 Å². The molecule has 0 amide bonds. The summed E-state index contributed by atoms with van der Waals surface area (Å²) in [5, 5.41) is 18.1. The molecule has 0 spiro atoms. The van der Waals surface area contributed by atoms with E-state index in [2.05, 4.69) is 41.2 Å². The fourth-order valence-electron chi connectivity index (χ4n) is 10.2. The number of fused-ring (bicyclic) bond motifs is 2. The van der Waals surface area contributed by atoms with Gasteiger partial charge in [-0.15, -0.1) is 20.4 Å². The molecular formula is C46H56Cl2N8O10. The number of anilines is 2. The van der Waals surface area contributed by atoms with Crippen molar-refractivity contribution in [2.24, 2.45) is 11.8 Å². The molecular weight excluding hydrogens is 895 g/mol. The van der Waals surface area contributed by atoms with E-state index in [-0.39, 0.29) is 33.3 Å². The lowest BCUT2D eigenvalue weighted by atomic mass is 9.94. The van der Waals surface area contributed by atoms with Gasteiger partial charge in [-0.1, -0.05) is 23.2 Å². The van der Waals surface area contributed by atoms with Crippen molar-refractivity contribution in [3.63, 3.8) is 0 Å². The zero-order chi connectivity index (χ0) is 45.0. The van der Waals surface area contributed by atoms with Gasteiger partial charge in [0.25, 0.3) is 11.8 Å². The Morgan fingerprint density at radius 2 is 1.00 bits per heavy atom. The van der Waals surface area contributed by atoms with Gasteiger partial charge in [0, 0.05) is 62.5 Å². The zero-order valence-electron chi connectivity index (χ0n) is 37.0. The van der Waals surface area contributed by atoms with Crippen LogP contribution in [0.3, 0.4) is 0 Å². The first-order valence-corrected chi connectivity index (χ1v) is 24.3. The largest absolute Gasteiger partial charge is 0.492 e. The van der Waals surface area contributed by atoms with E-state index in [1.54, 1.807) is 12.1 Å². The highest BCUT2D eigenvalue weighted by Crippen LogP contribution is 2.46. The summed E-state index contributed by atoms with van der Waals surface area (Å²) >= 11 is 13.6. The Morgan fingerprint density at radius 1 is 0.591 bits per heavy atom. The number of benzene rings is 2. The molecule has 2 aromatic heterocycles. The molecule has 18 nitrogen and oxygen atoms in total. The van der Waals surface area contributed by atoms with Crippen molar-refractivity contribution in [2.45, 2.75) is 88.9 Å². The van der Waals surface area contributed by atoms with E-state index < -0.39 is 11.9 Å². The van der Waals surface area contributed by atoms with Crippen molar-refractivity contribution < 1.29 is 47.0 Å². The number of nitrogens with one attached hydrogen (secondary N) is 2. The SMILES string of the molecule is O=C(ONc1c(Cl)cc(-c2nnc(C3CCN(CC4CCOCC4)CC3)o2)c2c1CCCO2)C(=O)ONc1c(Cl)cc(-c2nnc(C3CCN(CC4CCOCC4)CC3)o2)c2c1CCCO2. The molecule has 0 atom stereocenters. The predicted octanol–water partition coefficient (Wildman–Crippen LogP) is 7.40. The third-order valence-electron chi connectivity index (χ3n) is 13.9. The number of carbonyl (C=O) groups excluding carboxylic acids is 2. The van der Waals surface area contributed by atoms with Crippen LogP contribution in [0.2, 0.25) is 10.0 Å². The fourth-order valence-corrected chi connectivity index (χ4v) is 10.7. The highest BCUT2D eigenvalue weighted by Gasteiger charge is 2.33. The monoisotopic (exact) mass is 950 g/mol. The van der Waals surface area contributed by atoms with E-state index in [9.17, 15) is 9.59 Å². The van der Waals surface area contributed by atoms with E-state index in [0.717, 1.165) is 117 Å². The smallest absolute Gasteiger partial charge is 0.443 e. The fraction of sp³-hybridized carbons (Fsp3) is 0.609. The van der Waals surface area contributed by atoms with Crippen molar-refractivity contribution in [1.82, 2.24) is 30.2 Å². The van der Waals surface area contributed by atoms with E-state index in [4.69, 9.17) is 60.7 Å². The summed E-state index contributed by atoms with van der Waals surface area (Å²) in [5.41, 5.74) is 8.05. The maximum absolute atomic E-state index is 13.0. The van der Waals surface area contributed by atoms with Crippen LogP contribution in [-0.2, 0) is 41.6 Å². The molecule has 2 N–H and O–H groups in total. The van der Waals surface area contributed by atoms with E-state index >= 15 is 0 Å². The van der Waals surface area contributed by atoms with Crippen molar-refractivity contribution in [3.8, 4) is 34.4 Å². The molecule has 10 rings (SSSR count). The summed E-state index contributed by atoms with van der Waals surface area (Å²) in [5.74, 6) is 1.76. The molecule has 8 heterocycles. The Balaban J connectivity index is 0.752. The van der Waals surface area contributed by atoms with Gasteiger partial charge in [0.15, 0.2) is 0 Å². The first-order valence-electron chi connectivity index (χ1n) is 23.5. The summed E-state index contributed by atoms with van der Waals surface area (Å²) < 4.78 is 35.8. The van der Waals surface area contributed by atoms with Crippen molar-refractivity contribution in [3.05, 3.63) is 45.1 Å². The number of piperidine rings is 2. The summed E-state index contributed by atoms with van der Waals surface area (Å²) in [7, 11) is 0. The Kier molecular flexibility index (Phi) is 14.1. The lowest BCUT2D eigenvalue weighted by Crippen LogP contribution is -2.38. The first kappa shape index (κ1) is 45.1. The number of nitrogens with zero attached hydrogens (tertiary/aromatic N) is 6. The van der Waals surface area contributed by atoms with Gasteiger partial charge >= 0.3 is 11.9 Å². The molecule has 0 aliphatic carbocycles. The van der Waals surface area contributed by atoms with Crippen LogP contribution in [0, 0.1) is 11.8 Å². The summed E-state index contributed by atoms with van der Waals surface area (Å²) in [6.45, 7) is 10.4. The Labute approximate surface area is 392 Å². The number of carbonyl (C=O) groups is 2. The normalized spacial score (nSPS) is 20.5. The van der Waals surface area contributed by atoms with Gasteiger partial charge in [-0.3, -0.25) is 0 Å². The minimum atomic E-state index is -1.33. The topological polar surface area (TPSA) is 198 Å². The Morgan fingerprint density at radius 3 is 1.41 bits per heavy atom. The molecule has 6 aliphatic heterocycles. The summed E-state index contributed by atoms with van der Waals surface area (Å²) in [6.07, 6.45) is 10.7. The van der Waals surface area contributed by atoms with Crippen LogP contribution in [-0.4, -0.2) is 121 Å². The van der Waals surface area contributed by atoms with Crippen LogP contribution in [0.5, 0.6) is 11.5 Å². The molecule has 4 fully saturated rings. The molecule has 2 aromatic carbocycles. The lowest BCUT2D eigenvalue weighted by Gasteiger charge is -2.34. The second-order valence-electron chi connectivity index (χ2n) is 18.2. The van der Waals surface area contributed by atoms with Crippen LogP contribution in [0.4, 0.5) is 11.4 Å². The molecule has 0 radical (unpaired) electrons. The van der Waals surface area contributed by atoms with E-state index in [1.807, 2.05) is 0 Å². The quantitative estimate of drug-likeness (QED) is 0.105. The highest BCUT2D eigenvalue weighted by atomic mass is 35.5. The standard InChI is InChI=1S/C46H56Cl2N8O10/c47-35-23-33(43-51-49-41(63-43)29-5-13-55(14-6-29)25-27-9-19-59-20-10-27)39-31(3-1-17-61-39)37(35)53-65-45(57)46(58)66-54-38-32-4-2-18-62-40(32)34(24-36(38)48)44-52-50-42(64-44)30-7-15-56(16-8-30)26-28-11-21-60-22-12-28/h23-24,27-30,53-54H,1-22,25-26H2. The van der Waals surface area contributed by atoms with Crippen molar-refractivity contribution in [1.29, 1.82) is 0 Å². The Hall–Kier alpha value is -4.72. The van der Waals surface area contributed by atoms with Crippen molar-refractivity contribution in [2.75, 3.05) is 89.9 Å². The number of hydrogen-bond acceptors (Lipinski definition) is 18. The zero-order valence-corrected chi connectivity index (χ0v) is 38.5. The van der Waals surface area contributed by atoms with Crippen LogP contribution in [0.1, 0.15) is 99.0 Å². The second-order valence-corrected chi connectivity index (χ2v) is 19.0. The number of halogens is 2. The number of aromatic nitrogens is 4. The highest BCUT2D eigenvalue weighted by molar-refractivity contribution is 6.35.